The molecule has 0 bridgehead atoms. The fourth-order valence-electron chi connectivity index (χ4n) is 2.69. The molecule has 0 unspecified atom stereocenters. The van der Waals surface area contributed by atoms with E-state index in [1.807, 2.05) is 6.07 Å². The number of aromatic nitrogens is 3. The summed E-state index contributed by atoms with van der Waals surface area (Å²) in [4.78, 5) is 16.6. The second-order valence-corrected chi connectivity index (χ2v) is 5.36. The zero-order chi connectivity index (χ0) is 16.9. The Labute approximate surface area is 133 Å². The first kappa shape index (κ1) is 14.5. The highest BCUT2D eigenvalue weighted by molar-refractivity contribution is 6.03. The van der Waals surface area contributed by atoms with Crippen molar-refractivity contribution in [3.05, 3.63) is 70.6 Å². The maximum absolute atomic E-state index is 13.0. The molecule has 0 radical (unpaired) electrons. The predicted molar refractivity (Wildman–Crippen MR) is 84.2 cm³/mol. The molecule has 0 saturated heterocycles. The third-order valence-electron chi connectivity index (χ3n) is 3.87. The molecule has 0 atom stereocenters. The normalized spacial score (nSPS) is 12.1. The Hall–Kier alpha value is -3.09. The van der Waals surface area contributed by atoms with Gasteiger partial charge in [-0.15, -0.1) is 0 Å². The zero-order valence-electron chi connectivity index (χ0n) is 12.1. The van der Waals surface area contributed by atoms with Gasteiger partial charge in [-0.2, -0.15) is 13.2 Å². The van der Waals surface area contributed by atoms with Gasteiger partial charge < -0.3 is 0 Å². The SMILES string of the molecule is O=c1c2cnc3ccc(C(F)(F)F)cc3c2[nH]n1-c1ccccc1. The molecule has 0 fully saturated rings. The van der Waals surface area contributed by atoms with Crippen LogP contribution in [0, 0.1) is 0 Å². The molecule has 0 aliphatic heterocycles. The third kappa shape index (κ3) is 2.17. The van der Waals surface area contributed by atoms with Crippen molar-refractivity contribution >= 4 is 21.8 Å². The average Bonchev–Trinajstić information content (AvgIpc) is 2.92. The molecule has 0 aliphatic rings. The topological polar surface area (TPSA) is 50.7 Å². The number of fused-ring (bicyclic) bond motifs is 3. The number of para-hydroxylation sites is 1. The Kier molecular flexibility index (Phi) is 2.99. The molecule has 0 amide bonds. The predicted octanol–water partition coefficient (Wildman–Crippen LogP) is 3.89. The van der Waals surface area contributed by atoms with E-state index in [4.69, 9.17) is 0 Å². The highest BCUT2D eigenvalue weighted by Gasteiger charge is 2.30. The Morgan fingerprint density at radius 2 is 1.75 bits per heavy atom. The van der Waals surface area contributed by atoms with E-state index in [0.29, 0.717) is 16.7 Å². The fraction of sp³-hybridized carbons (Fsp3) is 0.0588. The monoisotopic (exact) mass is 329 g/mol. The van der Waals surface area contributed by atoms with Crippen molar-refractivity contribution in [1.82, 2.24) is 14.8 Å². The van der Waals surface area contributed by atoms with Crippen LogP contribution < -0.4 is 5.56 Å². The Morgan fingerprint density at radius 3 is 2.46 bits per heavy atom. The number of hydrogen-bond donors (Lipinski definition) is 1. The van der Waals surface area contributed by atoms with Crippen LogP contribution in [0.15, 0.2) is 59.5 Å². The summed E-state index contributed by atoms with van der Waals surface area (Å²) in [6, 6.07) is 12.1. The molecule has 4 nitrogen and oxygen atoms in total. The second-order valence-electron chi connectivity index (χ2n) is 5.36. The minimum Gasteiger partial charge on any atom is -0.290 e. The van der Waals surface area contributed by atoms with Crippen molar-refractivity contribution in [1.29, 1.82) is 0 Å². The molecule has 1 N–H and O–H groups in total. The van der Waals surface area contributed by atoms with Crippen LogP contribution >= 0.6 is 0 Å². The summed E-state index contributed by atoms with van der Waals surface area (Å²) >= 11 is 0. The molecule has 2 aromatic carbocycles. The van der Waals surface area contributed by atoms with Crippen molar-refractivity contribution < 1.29 is 13.2 Å². The minimum atomic E-state index is -4.46. The molecular weight excluding hydrogens is 319 g/mol. The molecule has 0 spiro atoms. The van der Waals surface area contributed by atoms with Crippen molar-refractivity contribution in [3.63, 3.8) is 0 Å². The van der Waals surface area contributed by atoms with Crippen LogP contribution in [0.5, 0.6) is 0 Å². The number of nitrogens with one attached hydrogen (secondary N) is 1. The van der Waals surface area contributed by atoms with E-state index < -0.39 is 11.7 Å². The molecule has 0 aliphatic carbocycles. The highest BCUT2D eigenvalue weighted by atomic mass is 19.4. The number of aromatic amines is 1. The van der Waals surface area contributed by atoms with Crippen LogP contribution in [0.1, 0.15) is 5.56 Å². The molecule has 0 saturated carbocycles. The van der Waals surface area contributed by atoms with Gasteiger partial charge in [-0.3, -0.25) is 14.9 Å². The molecular formula is C17H10F3N3O. The number of pyridine rings is 1. The van der Waals surface area contributed by atoms with E-state index in [1.54, 1.807) is 24.3 Å². The number of H-pyrrole nitrogens is 1. The van der Waals surface area contributed by atoms with Gasteiger partial charge in [0.15, 0.2) is 0 Å². The van der Waals surface area contributed by atoms with Crippen LogP contribution in [0.25, 0.3) is 27.5 Å². The van der Waals surface area contributed by atoms with Gasteiger partial charge in [0.2, 0.25) is 0 Å². The van der Waals surface area contributed by atoms with Gasteiger partial charge in [0.05, 0.1) is 27.7 Å². The second kappa shape index (κ2) is 4.95. The summed E-state index contributed by atoms with van der Waals surface area (Å²) in [5.74, 6) is 0. The molecule has 4 aromatic rings. The number of hydrogen-bond acceptors (Lipinski definition) is 2. The van der Waals surface area contributed by atoms with E-state index >= 15 is 0 Å². The summed E-state index contributed by atoms with van der Waals surface area (Å²) in [5.41, 5.74) is 0.177. The molecule has 24 heavy (non-hydrogen) atoms. The molecule has 120 valence electrons. The first-order valence-corrected chi connectivity index (χ1v) is 7.11. The first-order valence-electron chi connectivity index (χ1n) is 7.11. The number of rotatable bonds is 1. The molecule has 4 rings (SSSR count). The number of alkyl halides is 3. The Balaban J connectivity index is 2.06. The summed E-state index contributed by atoms with van der Waals surface area (Å²) in [6.45, 7) is 0. The maximum atomic E-state index is 13.0. The number of benzene rings is 2. The lowest BCUT2D eigenvalue weighted by atomic mass is 10.1. The van der Waals surface area contributed by atoms with Crippen LogP contribution in [0.3, 0.4) is 0 Å². The summed E-state index contributed by atoms with van der Waals surface area (Å²) in [7, 11) is 0. The van der Waals surface area contributed by atoms with E-state index in [9.17, 15) is 18.0 Å². The minimum absolute atomic E-state index is 0.241. The summed E-state index contributed by atoms with van der Waals surface area (Å²) in [6.07, 6.45) is -3.08. The highest BCUT2D eigenvalue weighted by Crippen LogP contribution is 2.32. The molecule has 7 heteroatoms. The summed E-state index contributed by atoms with van der Waals surface area (Å²) in [5, 5.41) is 3.40. The van der Waals surface area contributed by atoms with Crippen LogP contribution in [-0.2, 0) is 6.18 Å². The van der Waals surface area contributed by atoms with Gasteiger partial charge in [0.1, 0.15) is 0 Å². The first-order chi connectivity index (χ1) is 11.4. The van der Waals surface area contributed by atoms with Crippen LogP contribution in [0.4, 0.5) is 13.2 Å². The Morgan fingerprint density at radius 1 is 1.00 bits per heavy atom. The van der Waals surface area contributed by atoms with E-state index in [1.165, 1.54) is 16.9 Å². The van der Waals surface area contributed by atoms with Crippen LogP contribution in [-0.4, -0.2) is 14.8 Å². The standard InChI is InChI=1S/C17H10F3N3O/c18-17(19,20)10-6-7-14-12(8-10)15-13(9-21-14)16(24)23(22-15)11-4-2-1-3-5-11/h1-9,22H. The smallest absolute Gasteiger partial charge is 0.290 e. The van der Waals surface area contributed by atoms with Crippen LogP contribution in [0.2, 0.25) is 0 Å². The number of nitrogens with zero attached hydrogens (tertiary/aromatic N) is 2. The number of halogens is 3. The van der Waals surface area contributed by atoms with E-state index in [-0.39, 0.29) is 16.3 Å². The lowest BCUT2D eigenvalue weighted by Crippen LogP contribution is -2.13. The van der Waals surface area contributed by atoms with Gasteiger partial charge in [0, 0.05) is 11.6 Å². The quantitative estimate of drug-likeness (QED) is 0.576. The zero-order valence-corrected chi connectivity index (χ0v) is 12.1. The van der Waals surface area contributed by atoms with E-state index in [0.717, 1.165) is 12.1 Å². The van der Waals surface area contributed by atoms with Crippen molar-refractivity contribution in [2.24, 2.45) is 0 Å². The summed E-state index contributed by atoms with van der Waals surface area (Å²) < 4.78 is 40.2. The van der Waals surface area contributed by atoms with Gasteiger partial charge in [-0.25, -0.2) is 4.68 Å². The van der Waals surface area contributed by atoms with Gasteiger partial charge in [0.25, 0.3) is 5.56 Å². The molecule has 2 heterocycles. The van der Waals surface area contributed by atoms with Gasteiger partial charge in [-0.1, -0.05) is 18.2 Å². The average molecular weight is 329 g/mol. The van der Waals surface area contributed by atoms with Gasteiger partial charge in [-0.05, 0) is 30.3 Å². The molecule has 2 aromatic heterocycles. The van der Waals surface area contributed by atoms with Crippen molar-refractivity contribution in [2.45, 2.75) is 6.18 Å². The van der Waals surface area contributed by atoms with Crippen molar-refractivity contribution in [2.75, 3.05) is 0 Å². The van der Waals surface area contributed by atoms with Crippen molar-refractivity contribution in [3.8, 4) is 5.69 Å². The largest absolute Gasteiger partial charge is 0.416 e. The fourth-order valence-corrected chi connectivity index (χ4v) is 2.69. The Bertz CT molecular complexity index is 1110. The maximum Gasteiger partial charge on any atom is 0.416 e. The third-order valence-corrected chi connectivity index (χ3v) is 3.87. The van der Waals surface area contributed by atoms with E-state index in [2.05, 4.69) is 10.1 Å². The lowest BCUT2D eigenvalue weighted by molar-refractivity contribution is -0.137. The lowest BCUT2D eigenvalue weighted by Gasteiger charge is -2.07. The van der Waals surface area contributed by atoms with Gasteiger partial charge >= 0.3 is 6.18 Å².